The fourth-order valence-electron chi connectivity index (χ4n) is 3.80. The number of anilines is 1. The number of aliphatic carboxylic acids is 1. The molecule has 3 unspecified atom stereocenters. The first kappa shape index (κ1) is 14.1. The summed E-state index contributed by atoms with van der Waals surface area (Å²) in [7, 11) is 0. The minimum absolute atomic E-state index is 0.207. The third-order valence-corrected chi connectivity index (χ3v) is 4.75. The van der Waals surface area contributed by atoms with E-state index in [4.69, 9.17) is 0 Å². The summed E-state index contributed by atoms with van der Waals surface area (Å²) in [5.74, 6) is 0.730. The predicted molar refractivity (Wildman–Crippen MR) is 78.5 cm³/mol. The average molecular weight is 291 g/mol. The van der Waals surface area contributed by atoms with Crippen LogP contribution >= 0.6 is 0 Å². The van der Waals surface area contributed by atoms with Gasteiger partial charge in [-0.3, -0.25) is 4.79 Å². The van der Waals surface area contributed by atoms with Crippen molar-refractivity contribution < 1.29 is 9.90 Å². The molecule has 3 atom stereocenters. The van der Waals surface area contributed by atoms with Gasteiger partial charge < -0.3 is 15.0 Å². The first-order valence-electron chi connectivity index (χ1n) is 7.71. The summed E-state index contributed by atoms with van der Waals surface area (Å²) in [6, 6.07) is 1.09. The smallest absolute Gasteiger partial charge is 0.326 e. The summed E-state index contributed by atoms with van der Waals surface area (Å²) in [6.45, 7) is 1.92. The van der Waals surface area contributed by atoms with E-state index in [2.05, 4.69) is 9.97 Å². The highest BCUT2D eigenvalue weighted by atomic mass is 16.4. The molecule has 6 heteroatoms. The molecule has 0 aromatic carbocycles. The number of nitrogens with one attached hydrogen (secondary N) is 1. The number of aromatic amines is 1. The molecule has 1 saturated carbocycles. The predicted octanol–water partition coefficient (Wildman–Crippen LogP) is 1.55. The van der Waals surface area contributed by atoms with Crippen LogP contribution in [-0.4, -0.2) is 33.1 Å². The van der Waals surface area contributed by atoms with Gasteiger partial charge in [0.1, 0.15) is 17.7 Å². The van der Waals surface area contributed by atoms with E-state index in [-0.39, 0.29) is 11.6 Å². The van der Waals surface area contributed by atoms with Crippen LogP contribution in [-0.2, 0) is 11.2 Å². The van der Waals surface area contributed by atoms with Crippen molar-refractivity contribution in [2.45, 2.75) is 57.5 Å². The zero-order valence-electron chi connectivity index (χ0n) is 12.2. The molecule has 2 aliphatic rings. The molecule has 1 saturated heterocycles. The second-order valence-corrected chi connectivity index (χ2v) is 6.01. The van der Waals surface area contributed by atoms with E-state index in [0.717, 1.165) is 19.3 Å². The van der Waals surface area contributed by atoms with Crippen LogP contribution in [0.4, 0.5) is 5.82 Å². The van der Waals surface area contributed by atoms with Crippen molar-refractivity contribution in [1.29, 1.82) is 0 Å². The maximum Gasteiger partial charge on any atom is 0.326 e. The Kier molecular flexibility index (Phi) is 3.69. The Hall–Kier alpha value is -1.85. The first-order chi connectivity index (χ1) is 10.1. The molecule has 2 N–H and O–H groups in total. The van der Waals surface area contributed by atoms with Gasteiger partial charge in [0.2, 0.25) is 0 Å². The van der Waals surface area contributed by atoms with Crippen molar-refractivity contribution in [2.24, 2.45) is 5.92 Å². The number of carboxylic acid groups (broad SMARTS) is 1. The zero-order valence-corrected chi connectivity index (χ0v) is 12.2. The molecule has 2 heterocycles. The monoisotopic (exact) mass is 291 g/mol. The van der Waals surface area contributed by atoms with E-state index in [0.29, 0.717) is 30.4 Å². The summed E-state index contributed by atoms with van der Waals surface area (Å²) in [6.07, 6.45) is 5.65. The summed E-state index contributed by atoms with van der Waals surface area (Å²) in [5, 5.41) is 9.53. The number of rotatable bonds is 3. The Bertz CT molecular complexity index is 598. The number of aryl methyl sites for hydroxylation is 1. The molecule has 21 heavy (non-hydrogen) atoms. The third-order valence-electron chi connectivity index (χ3n) is 4.75. The minimum atomic E-state index is -0.815. The quantitative estimate of drug-likeness (QED) is 0.882. The first-order valence-corrected chi connectivity index (χ1v) is 7.71. The van der Waals surface area contributed by atoms with E-state index in [1.807, 2.05) is 11.8 Å². The van der Waals surface area contributed by atoms with Gasteiger partial charge in [0.05, 0.1) is 0 Å². The number of H-pyrrole nitrogens is 1. The zero-order chi connectivity index (χ0) is 15.0. The van der Waals surface area contributed by atoms with E-state index < -0.39 is 12.0 Å². The highest BCUT2D eigenvalue weighted by Gasteiger charge is 2.46. The van der Waals surface area contributed by atoms with E-state index in [1.165, 1.54) is 12.5 Å². The molecule has 1 aromatic rings. The Balaban J connectivity index is 2.02. The van der Waals surface area contributed by atoms with E-state index in [1.54, 1.807) is 0 Å². The van der Waals surface area contributed by atoms with Crippen LogP contribution in [0.15, 0.2) is 10.9 Å². The van der Waals surface area contributed by atoms with Crippen LogP contribution in [0.5, 0.6) is 0 Å². The topological polar surface area (TPSA) is 86.3 Å². The van der Waals surface area contributed by atoms with Crippen LogP contribution in [0.2, 0.25) is 0 Å². The molecule has 6 nitrogen and oxygen atoms in total. The van der Waals surface area contributed by atoms with Crippen molar-refractivity contribution in [3.8, 4) is 0 Å². The number of hydrogen-bond donors (Lipinski definition) is 2. The number of nitrogens with zero attached hydrogens (tertiary/aromatic N) is 2. The second-order valence-electron chi connectivity index (χ2n) is 6.01. The highest BCUT2D eigenvalue weighted by molar-refractivity contribution is 5.79. The maximum absolute atomic E-state index is 11.8. The van der Waals surface area contributed by atoms with Crippen LogP contribution in [0.25, 0.3) is 0 Å². The standard InChI is InChI=1S/C15H21N3O3/c1-2-12-16-13(8-14(19)17-12)18-10-6-4-3-5-9(10)7-11(18)15(20)21/h8-11H,2-7H2,1H3,(H,20,21)(H,16,17,19). The Morgan fingerprint density at radius 1 is 1.48 bits per heavy atom. The average Bonchev–Trinajstić information content (AvgIpc) is 2.86. The Labute approximate surface area is 123 Å². The lowest BCUT2D eigenvalue weighted by atomic mass is 9.85. The molecule has 2 fully saturated rings. The van der Waals surface area contributed by atoms with Crippen molar-refractivity contribution in [1.82, 2.24) is 9.97 Å². The molecule has 0 bridgehead atoms. The summed E-state index contributed by atoms with van der Waals surface area (Å²) < 4.78 is 0. The lowest BCUT2D eigenvalue weighted by molar-refractivity contribution is -0.138. The third kappa shape index (κ3) is 2.54. The molecular formula is C15H21N3O3. The van der Waals surface area contributed by atoms with Crippen molar-refractivity contribution in [3.05, 3.63) is 22.2 Å². The second kappa shape index (κ2) is 5.50. The SMILES string of the molecule is CCc1nc(N2C(C(=O)O)CC3CCCCC32)cc(=O)[nH]1. The molecular weight excluding hydrogens is 270 g/mol. The van der Waals surface area contributed by atoms with Gasteiger partial charge in [0.25, 0.3) is 5.56 Å². The normalized spacial score (nSPS) is 28.4. The minimum Gasteiger partial charge on any atom is -0.480 e. The van der Waals surface area contributed by atoms with Gasteiger partial charge in [-0.15, -0.1) is 0 Å². The van der Waals surface area contributed by atoms with Gasteiger partial charge in [-0.05, 0) is 25.2 Å². The lowest BCUT2D eigenvalue weighted by Crippen LogP contribution is -2.43. The van der Waals surface area contributed by atoms with Crippen LogP contribution in [0.3, 0.4) is 0 Å². The van der Waals surface area contributed by atoms with E-state index in [9.17, 15) is 14.7 Å². The summed E-state index contributed by atoms with van der Waals surface area (Å²) in [5.41, 5.74) is -0.208. The van der Waals surface area contributed by atoms with Gasteiger partial charge >= 0.3 is 5.97 Å². The van der Waals surface area contributed by atoms with E-state index >= 15 is 0 Å². The number of carbonyl (C=O) groups is 1. The maximum atomic E-state index is 11.8. The van der Waals surface area contributed by atoms with Crippen LogP contribution in [0, 0.1) is 5.92 Å². The highest BCUT2D eigenvalue weighted by Crippen LogP contribution is 2.41. The largest absolute Gasteiger partial charge is 0.480 e. The number of fused-ring (bicyclic) bond motifs is 1. The van der Waals surface area contributed by atoms with Gasteiger partial charge in [0.15, 0.2) is 0 Å². The van der Waals surface area contributed by atoms with Gasteiger partial charge in [-0.2, -0.15) is 0 Å². The number of hydrogen-bond acceptors (Lipinski definition) is 4. The molecule has 114 valence electrons. The van der Waals surface area contributed by atoms with Crippen molar-refractivity contribution in [3.63, 3.8) is 0 Å². The molecule has 1 aliphatic heterocycles. The lowest BCUT2D eigenvalue weighted by Gasteiger charge is -2.33. The molecule has 1 aliphatic carbocycles. The Morgan fingerprint density at radius 2 is 2.24 bits per heavy atom. The van der Waals surface area contributed by atoms with Crippen LogP contribution < -0.4 is 10.5 Å². The number of aromatic nitrogens is 2. The summed E-state index contributed by atoms with van der Waals surface area (Å²) in [4.78, 5) is 32.5. The van der Waals surface area contributed by atoms with Crippen molar-refractivity contribution in [2.75, 3.05) is 4.90 Å². The fourth-order valence-corrected chi connectivity index (χ4v) is 3.80. The van der Waals surface area contributed by atoms with Crippen molar-refractivity contribution >= 4 is 11.8 Å². The molecule has 0 radical (unpaired) electrons. The molecule has 0 amide bonds. The number of carboxylic acids is 1. The Morgan fingerprint density at radius 3 is 2.95 bits per heavy atom. The van der Waals surface area contributed by atoms with Gasteiger partial charge in [-0.25, -0.2) is 9.78 Å². The van der Waals surface area contributed by atoms with Crippen LogP contribution in [0.1, 0.15) is 44.9 Å². The molecule has 1 aromatic heterocycles. The molecule has 0 spiro atoms. The van der Waals surface area contributed by atoms with Gasteiger partial charge in [0, 0.05) is 18.5 Å². The molecule has 3 rings (SSSR count). The summed E-state index contributed by atoms with van der Waals surface area (Å²) >= 11 is 0. The fraction of sp³-hybridized carbons (Fsp3) is 0.667. The van der Waals surface area contributed by atoms with Gasteiger partial charge in [-0.1, -0.05) is 19.8 Å².